The lowest BCUT2D eigenvalue weighted by molar-refractivity contribution is -0.121. The quantitative estimate of drug-likeness (QED) is 0.743. The maximum atomic E-state index is 12.1. The molecule has 2 heterocycles. The highest BCUT2D eigenvalue weighted by atomic mass is 16.2. The zero-order chi connectivity index (χ0) is 14.0. The van der Waals surface area contributed by atoms with Crippen molar-refractivity contribution in [2.24, 2.45) is 5.92 Å². The van der Waals surface area contributed by atoms with Gasteiger partial charge >= 0.3 is 0 Å². The van der Waals surface area contributed by atoms with Crippen molar-refractivity contribution in [3.05, 3.63) is 28.2 Å². The van der Waals surface area contributed by atoms with Gasteiger partial charge in [0.2, 0.25) is 11.8 Å². The van der Waals surface area contributed by atoms with Gasteiger partial charge in [-0.1, -0.05) is 6.92 Å². The van der Waals surface area contributed by atoms with Crippen LogP contribution in [-0.4, -0.2) is 22.8 Å². The van der Waals surface area contributed by atoms with Gasteiger partial charge in [0.05, 0.1) is 5.92 Å². The highest BCUT2D eigenvalue weighted by molar-refractivity contribution is 5.93. The van der Waals surface area contributed by atoms with Crippen LogP contribution in [0.15, 0.2) is 17.1 Å². The van der Waals surface area contributed by atoms with Gasteiger partial charge in [-0.05, 0) is 25.0 Å². The zero-order valence-corrected chi connectivity index (χ0v) is 10.9. The van der Waals surface area contributed by atoms with Crippen molar-refractivity contribution in [1.29, 1.82) is 0 Å². The molecule has 0 aliphatic carbocycles. The van der Waals surface area contributed by atoms with E-state index in [1.54, 1.807) is 19.2 Å². The first-order chi connectivity index (χ1) is 8.97. The molecule has 1 aromatic heterocycles. The molecular formula is C13H17N3O3. The number of aryl methyl sites for hydroxylation is 1. The van der Waals surface area contributed by atoms with E-state index in [1.165, 1.54) is 0 Å². The van der Waals surface area contributed by atoms with Gasteiger partial charge < -0.3 is 15.6 Å². The van der Waals surface area contributed by atoms with Crippen molar-refractivity contribution in [2.75, 3.05) is 5.32 Å². The first kappa shape index (κ1) is 13.3. The SMILES string of the molecule is Cc1c[nH]c(=O)c(NC(=O)C(C)C2CCC(=O)N2)c1. The second-order valence-electron chi connectivity index (χ2n) is 4.91. The van der Waals surface area contributed by atoms with E-state index < -0.39 is 0 Å². The summed E-state index contributed by atoms with van der Waals surface area (Å²) in [7, 11) is 0. The van der Waals surface area contributed by atoms with Gasteiger partial charge in [0.25, 0.3) is 5.56 Å². The van der Waals surface area contributed by atoms with E-state index >= 15 is 0 Å². The number of rotatable bonds is 3. The molecule has 102 valence electrons. The van der Waals surface area contributed by atoms with Crippen molar-refractivity contribution in [3.8, 4) is 0 Å². The maximum Gasteiger partial charge on any atom is 0.271 e. The van der Waals surface area contributed by atoms with E-state index in [4.69, 9.17) is 0 Å². The monoisotopic (exact) mass is 263 g/mol. The van der Waals surface area contributed by atoms with Gasteiger partial charge in [-0.3, -0.25) is 14.4 Å². The van der Waals surface area contributed by atoms with Crippen LogP contribution in [0, 0.1) is 12.8 Å². The summed E-state index contributed by atoms with van der Waals surface area (Å²) in [5.74, 6) is -0.660. The standard InChI is InChI=1S/C13H17N3O3/c1-7-5-10(13(19)14-6-7)16-12(18)8(2)9-3-4-11(17)15-9/h5-6,8-9H,3-4H2,1-2H3,(H,14,19)(H,15,17)(H,16,18). The third-order valence-corrected chi connectivity index (χ3v) is 3.35. The van der Waals surface area contributed by atoms with Crippen molar-refractivity contribution in [2.45, 2.75) is 32.7 Å². The van der Waals surface area contributed by atoms with Gasteiger partial charge in [-0.15, -0.1) is 0 Å². The molecule has 2 rings (SSSR count). The molecule has 6 heteroatoms. The summed E-state index contributed by atoms with van der Waals surface area (Å²) in [6.45, 7) is 3.57. The number of pyridine rings is 1. The Hall–Kier alpha value is -2.11. The Labute approximate surface area is 110 Å². The van der Waals surface area contributed by atoms with Crippen LogP contribution in [0.2, 0.25) is 0 Å². The average Bonchev–Trinajstić information content (AvgIpc) is 2.79. The predicted molar refractivity (Wildman–Crippen MR) is 70.8 cm³/mol. The topological polar surface area (TPSA) is 91.1 Å². The van der Waals surface area contributed by atoms with Gasteiger partial charge in [0.15, 0.2) is 0 Å². The first-order valence-electron chi connectivity index (χ1n) is 6.27. The lowest BCUT2D eigenvalue weighted by atomic mass is 9.99. The molecule has 1 fully saturated rings. The molecule has 0 spiro atoms. The predicted octanol–water partition coefficient (Wildman–Crippen LogP) is 0.537. The lowest BCUT2D eigenvalue weighted by Gasteiger charge is -2.18. The molecule has 3 N–H and O–H groups in total. The van der Waals surface area contributed by atoms with Gasteiger partial charge in [-0.25, -0.2) is 0 Å². The summed E-state index contributed by atoms with van der Waals surface area (Å²) in [5, 5.41) is 5.37. The molecule has 1 aliphatic heterocycles. The van der Waals surface area contributed by atoms with Crippen LogP contribution >= 0.6 is 0 Å². The normalized spacial score (nSPS) is 19.9. The van der Waals surface area contributed by atoms with Crippen LogP contribution in [0.25, 0.3) is 0 Å². The van der Waals surface area contributed by atoms with E-state index in [0.29, 0.717) is 12.8 Å². The van der Waals surface area contributed by atoms with Crippen molar-refractivity contribution in [1.82, 2.24) is 10.3 Å². The number of carbonyl (C=O) groups is 2. The number of aromatic nitrogens is 1. The highest BCUT2D eigenvalue weighted by Gasteiger charge is 2.30. The van der Waals surface area contributed by atoms with E-state index in [-0.39, 0.29) is 35.0 Å². The Morgan fingerprint density at radius 3 is 2.84 bits per heavy atom. The minimum Gasteiger partial charge on any atom is -0.353 e. The molecule has 6 nitrogen and oxygen atoms in total. The number of hydrogen-bond acceptors (Lipinski definition) is 3. The molecule has 1 aromatic rings. The Bertz CT molecular complexity index is 564. The molecule has 2 amide bonds. The third kappa shape index (κ3) is 3.01. The molecule has 1 aliphatic rings. The number of anilines is 1. The van der Waals surface area contributed by atoms with E-state index in [1.807, 2.05) is 6.92 Å². The smallest absolute Gasteiger partial charge is 0.271 e. The Morgan fingerprint density at radius 1 is 1.47 bits per heavy atom. The third-order valence-electron chi connectivity index (χ3n) is 3.35. The summed E-state index contributed by atoms with van der Waals surface area (Å²) in [6.07, 6.45) is 2.68. The average molecular weight is 263 g/mol. The van der Waals surface area contributed by atoms with Gasteiger partial charge in [-0.2, -0.15) is 0 Å². The Balaban J connectivity index is 2.06. The molecule has 0 aromatic carbocycles. The molecule has 0 saturated carbocycles. The minimum absolute atomic E-state index is 0.0296. The second kappa shape index (κ2) is 5.26. The fourth-order valence-electron chi connectivity index (χ4n) is 2.13. The maximum absolute atomic E-state index is 12.1. The van der Waals surface area contributed by atoms with Crippen LogP contribution in [0.5, 0.6) is 0 Å². The molecule has 1 saturated heterocycles. The van der Waals surface area contributed by atoms with E-state index in [9.17, 15) is 14.4 Å². The second-order valence-corrected chi connectivity index (χ2v) is 4.91. The highest BCUT2D eigenvalue weighted by Crippen LogP contribution is 2.17. The van der Waals surface area contributed by atoms with Crippen molar-refractivity contribution >= 4 is 17.5 Å². The summed E-state index contributed by atoms with van der Waals surface area (Å²) < 4.78 is 0. The summed E-state index contributed by atoms with van der Waals surface area (Å²) in [5.41, 5.74) is 0.763. The number of carbonyl (C=O) groups excluding carboxylic acids is 2. The molecular weight excluding hydrogens is 246 g/mol. The molecule has 2 unspecified atom stereocenters. The van der Waals surface area contributed by atoms with Crippen LogP contribution in [0.3, 0.4) is 0 Å². The number of aromatic amines is 1. The molecule has 19 heavy (non-hydrogen) atoms. The number of amides is 2. The van der Waals surface area contributed by atoms with E-state index in [0.717, 1.165) is 5.56 Å². The van der Waals surface area contributed by atoms with Crippen LogP contribution < -0.4 is 16.2 Å². The first-order valence-corrected chi connectivity index (χ1v) is 6.27. The summed E-state index contributed by atoms with van der Waals surface area (Å²) in [6, 6.07) is 1.47. The van der Waals surface area contributed by atoms with Gasteiger partial charge in [0, 0.05) is 18.7 Å². The van der Waals surface area contributed by atoms with Crippen molar-refractivity contribution in [3.63, 3.8) is 0 Å². The van der Waals surface area contributed by atoms with Crippen LogP contribution in [0.4, 0.5) is 5.69 Å². The fourth-order valence-corrected chi connectivity index (χ4v) is 2.13. The zero-order valence-electron chi connectivity index (χ0n) is 10.9. The number of H-pyrrole nitrogens is 1. The summed E-state index contributed by atoms with van der Waals surface area (Å²) in [4.78, 5) is 37.3. The van der Waals surface area contributed by atoms with Gasteiger partial charge in [0.1, 0.15) is 5.69 Å². The molecule has 2 atom stereocenters. The van der Waals surface area contributed by atoms with Crippen LogP contribution in [-0.2, 0) is 9.59 Å². The molecule has 0 bridgehead atoms. The lowest BCUT2D eigenvalue weighted by Crippen LogP contribution is -2.38. The van der Waals surface area contributed by atoms with Crippen LogP contribution in [0.1, 0.15) is 25.3 Å². The minimum atomic E-state index is -0.369. The Kier molecular flexibility index (Phi) is 3.69. The number of nitrogens with one attached hydrogen (secondary N) is 3. The Morgan fingerprint density at radius 2 is 2.21 bits per heavy atom. The fraction of sp³-hybridized carbons (Fsp3) is 0.462. The largest absolute Gasteiger partial charge is 0.353 e. The van der Waals surface area contributed by atoms with E-state index in [2.05, 4.69) is 15.6 Å². The summed E-state index contributed by atoms with van der Waals surface area (Å²) >= 11 is 0. The number of hydrogen-bond donors (Lipinski definition) is 3. The molecule has 0 radical (unpaired) electrons. The van der Waals surface area contributed by atoms with Crippen molar-refractivity contribution < 1.29 is 9.59 Å².